The Balaban J connectivity index is 1.61. The van der Waals surface area contributed by atoms with Crippen molar-refractivity contribution >= 4 is 33.4 Å². The SMILES string of the molecule is O=C(NCCCOCC1CCCO1)c1cccc(Br)c1Cl. The lowest BCUT2D eigenvalue weighted by molar-refractivity contribution is 0.0166. The summed E-state index contributed by atoms with van der Waals surface area (Å²) in [6.45, 7) is 2.67. The van der Waals surface area contributed by atoms with E-state index in [0.717, 1.165) is 30.3 Å². The fraction of sp³-hybridized carbons (Fsp3) is 0.533. The molecule has 1 aliphatic heterocycles. The molecule has 0 radical (unpaired) electrons. The number of hydrogen-bond donors (Lipinski definition) is 1. The van der Waals surface area contributed by atoms with E-state index in [0.29, 0.717) is 30.3 Å². The molecule has 1 saturated heterocycles. The zero-order chi connectivity index (χ0) is 15.1. The molecule has 6 heteroatoms. The first-order chi connectivity index (χ1) is 10.2. The lowest BCUT2D eigenvalue weighted by atomic mass is 10.2. The largest absolute Gasteiger partial charge is 0.379 e. The number of ether oxygens (including phenoxy) is 2. The lowest BCUT2D eigenvalue weighted by Crippen LogP contribution is -2.26. The van der Waals surface area contributed by atoms with Gasteiger partial charge in [0.25, 0.3) is 5.91 Å². The lowest BCUT2D eigenvalue weighted by Gasteiger charge is -2.10. The van der Waals surface area contributed by atoms with Crippen molar-refractivity contribution in [2.75, 3.05) is 26.4 Å². The zero-order valence-corrected chi connectivity index (χ0v) is 14.1. The van der Waals surface area contributed by atoms with Crippen LogP contribution in [0.15, 0.2) is 22.7 Å². The van der Waals surface area contributed by atoms with Gasteiger partial charge in [0.15, 0.2) is 0 Å². The highest BCUT2D eigenvalue weighted by Crippen LogP contribution is 2.25. The first-order valence-corrected chi connectivity index (χ1v) is 8.27. The minimum Gasteiger partial charge on any atom is -0.379 e. The second kappa shape index (κ2) is 8.73. The van der Waals surface area contributed by atoms with E-state index in [9.17, 15) is 4.79 Å². The molecular weight excluding hydrogens is 358 g/mol. The number of nitrogens with one attached hydrogen (secondary N) is 1. The normalized spacial score (nSPS) is 17.9. The fourth-order valence-corrected chi connectivity index (χ4v) is 2.72. The van der Waals surface area contributed by atoms with Gasteiger partial charge in [0, 0.05) is 24.2 Å². The minimum atomic E-state index is -0.166. The first kappa shape index (κ1) is 16.7. The number of benzene rings is 1. The molecule has 0 spiro atoms. The third kappa shape index (κ3) is 5.25. The summed E-state index contributed by atoms with van der Waals surface area (Å²) in [5.74, 6) is -0.166. The average Bonchev–Trinajstić information content (AvgIpc) is 2.98. The van der Waals surface area contributed by atoms with Crippen molar-refractivity contribution in [2.24, 2.45) is 0 Å². The molecule has 116 valence electrons. The van der Waals surface area contributed by atoms with Crippen LogP contribution in [0.4, 0.5) is 0 Å². The zero-order valence-electron chi connectivity index (χ0n) is 11.7. The standard InChI is InChI=1S/C15H19BrClNO3/c16-13-6-1-5-12(14(13)17)15(19)18-7-3-8-20-10-11-4-2-9-21-11/h1,5-6,11H,2-4,7-10H2,(H,18,19). The molecule has 1 aromatic carbocycles. The van der Waals surface area contributed by atoms with Crippen LogP contribution in [0.25, 0.3) is 0 Å². The maximum Gasteiger partial charge on any atom is 0.252 e. The second-order valence-corrected chi connectivity index (χ2v) is 6.15. The summed E-state index contributed by atoms with van der Waals surface area (Å²) in [6.07, 6.45) is 3.22. The Hall–Kier alpha value is -0.620. The Morgan fingerprint density at radius 1 is 1.52 bits per heavy atom. The van der Waals surface area contributed by atoms with Gasteiger partial charge in [0.2, 0.25) is 0 Å². The Morgan fingerprint density at radius 2 is 2.38 bits per heavy atom. The molecule has 0 aliphatic carbocycles. The van der Waals surface area contributed by atoms with Crippen molar-refractivity contribution < 1.29 is 14.3 Å². The maximum absolute atomic E-state index is 12.0. The highest BCUT2D eigenvalue weighted by atomic mass is 79.9. The van der Waals surface area contributed by atoms with Crippen molar-refractivity contribution in [3.63, 3.8) is 0 Å². The van der Waals surface area contributed by atoms with E-state index in [-0.39, 0.29) is 12.0 Å². The summed E-state index contributed by atoms with van der Waals surface area (Å²) in [7, 11) is 0. The van der Waals surface area contributed by atoms with E-state index in [1.807, 2.05) is 0 Å². The summed E-state index contributed by atoms with van der Waals surface area (Å²) < 4.78 is 11.7. The quantitative estimate of drug-likeness (QED) is 0.742. The highest BCUT2D eigenvalue weighted by molar-refractivity contribution is 9.10. The van der Waals surface area contributed by atoms with Gasteiger partial charge in [0.1, 0.15) is 0 Å². The average molecular weight is 377 g/mol. The van der Waals surface area contributed by atoms with Crippen LogP contribution in [0, 0.1) is 0 Å². The van der Waals surface area contributed by atoms with Crippen LogP contribution in [0.2, 0.25) is 5.02 Å². The van der Waals surface area contributed by atoms with Crippen molar-refractivity contribution in [3.05, 3.63) is 33.3 Å². The highest BCUT2D eigenvalue weighted by Gasteiger charge is 2.15. The van der Waals surface area contributed by atoms with Crippen molar-refractivity contribution in [1.82, 2.24) is 5.32 Å². The molecule has 0 aromatic heterocycles. The van der Waals surface area contributed by atoms with Gasteiger partial charge in [-0.25, -0.2) is 0 Å². The molecule has 4 nitrogen and oxygen atoms in total. The monoisotopic (exact) mass is 375 g/mol. The van der Waals surface area contributed by atoms with E-state index in [2.05, 4.69) is 21.2 Å². The summed E-state index contributed by atoms with van der Waals surface area (Å²) >= 11 is 9.38. The van der Waals surface area contributed by atoms with E-state index >= 15 is 0 Å². The fourth-order valence-electron chi connectivity index (χ4n) is 2.14. The van der Waals surface area contributed by atoms with E-state index < -0.39 is 0 Å². The van der Waals surface area contributed by atoms with E-state index in [4.69, 9.17) is 21.1 Å². The van der Waals surface area contributed by atoms with Gasteiger partial charge in [-0.3, -0.25) is 4.79 Å². The summed E-state index contributed by atoms with van der Waals surface area (Å²) in [5, 5.41) is 3.27. The Morgan fingerprint density at radius 3 is 3.14 bits per heavy atom. The Labute approximate surface area is 138 Å². The smallest absolute Gasteiger partial charge is 0.252 e. The van der Waals surface area contributed by atoms with Gasteiger partial charge in [0.05, 0.1) is 23.3 Å². The van der Waals surface area contributed by atoms with Crippen LogP contribution < -0.4 is 5.32 Å². The number of amides is 1. The third-order valence-corrected chi connectivity index (χ3v) is 4.57. The van der Waals surface area contributed by atoms with Gasteiger partial charge >= 0.3 is 0 Å². The summed E-state index contributed by atoms with van der Waals surface area (Å²) in [5.41, 5.74) is 0.478. The molecule has 0 saturated carbocycles. The van der Waals surface area contributed by atoms with Crippen LogP contribution in [0.5, 0.6) is 0 Å². The molecule has 2 rings (SSSR count). The predicted molar refractivity (Wildman–Crippen MR) is 85.9 cm³/mol. The van der Waals surface area contributed by atoms with Gasteiger partial charge in [-0.2, -0.15) is 0 Å². The summed E-state index contributed by atoms with van der Waals surface area (Å²) in [4.78, 5) is 12.0. The topological polar surface area (TPSA) is 47.6 Å². The number of carbonyl (C=O) groups is 1. The molecule has 1 aliphatic rings. The molecule has 0 bridgehead atoms. The number of rotatable bonds is 7. The van der Waals surface area contributed by atoms with Crippen LogP contribution in [0.3, 0.4) is 0 Å². The van der Waals surface area contributed by atoms with Gasteiger partial charge in [-0.15, -0.1) is 0 Å². The van der Waals surface area contributed by atoms with Crippen LogP contribution >= 0.6 is 27.5 Å². The molecule has 21 heavy (non-hydrogen) atoms. The third-order valence-electron chi connectivity index (χ3n) is 3.27. The van der Waals surface area contributed by atoms with E-state index in [1.54, 1.807) is 18.2 Å². The molecule has 1 N–H and O–H groups in total. The molecular formula is C15H19BrClNO3. The van der Waals surface area contributed by atoms with Crippen LogP contribution in [-0.4, -0.2) is 38.4 Å². The van der Waals surface area contributed by atoms with Gasteiger partial charge in [-0.05, 0) is 47.3 Å². The first-order valence-electron chi connectivity index (χ1n) is 7.10. The van der Waals surface area contributed by atoms with Crippen molar-refractivity contribution in [3.8, 4) is 0 Å². The van der Waals surface area contributed by atoms with E-state index in [1.165, 1.54) is 0 Å². The number of halogens is 2. The number of carbonyl (C=O) groups excluding carboxylic acids is 1. The predicted octanol–water partition coefficient (Wildman–Crippen LogP) is 3.42. The van der Waals surface area contributed by atoms with Crippen molar-refractivity contribution in [2.45, 2.75) is 25.4 Å². The Kier molecular flexibility index (Phi) is 6.96. The molecule has 1 fully saturated rings. The molecule has 1 amide bonds. The molecule has 1 unspecified atom stereocenters. The number of hydrogen-bond acceptors (Lipinski definition) is 3. The minimum absolute atomic E-state index is 0.166. The molecule has 1 aromatic rings. The van der Waals surface area contributed by atoms with Crippen LogP contribution in [-0.2, 0) is 9.47 Å². The van der Waals surface area contributed by atoms with Crippen LogP contribution in [0.1, 0.15) is 29.6 Å². The molecule has 1 heterocycles. The summed E-state index contributed by atoms with van der Waals surface area (Å²) in [6, 6.07) is 5.30. The van der Waals surface area contributed by atoms with Gasteiger partial charge in [-0.1, -0.05) is 17.7 Å². The molecule has 1 atom stereocenters. The van der Waals surface area contributed by atoms with Gasteiger partial charge < -0.3 is 14.8 Å². The maximum atomic E-state index is 12.0. The second-order valence-electron chi connectivity index (χ2n) is 4.92. The Bertz CT molecular complexity index is 478. The van der Waals surface area contributed by atoms with Crippen molar-refractivity contribution in [1.29, 1.82) is 0 Å².